The second-order valence-electron chi connectivity index (χ2n) is 7.49. The number of nitrogens with one attached hydrogen (secondary N) is 1. The first-order valence-electron chi connectivity index (χ1n) is 12.4. The Morgan fingerprint density at radius 2 is 1.77 bits per heavy atom. The van der Waals surface area contributed by atoms with E-state index in [1.165, 1.54) is 61.8 Å². The first-order chi connectivity index (χ1) is 14.6. The molecule has 1 aliphatic rings. The lowest BCUT2D eigenvalue weighted by Gasteiger charge is -2.14. The van der Waals surface area contributed by atoms with Gasteiger partial charge in [0, 0.05) is 11.7 Å². The third-order valence-electron chi connectivity index (χ3n) is 4.68. The number of hydrogen-bond acceptors (Lipinski definition) is 1. The summed E-state index contributed by atoms with van der Waals surface area (Å²) in [5.74, 6) is 0. The van der Waals surface area contributed by atoms with Crippen LogP contribution in [0.1, 0.15) is 107 Å². The quantitative estimate of drug-likeness (QED) is 0.332. The van der Waals surface area contributed by atoms with Crippen molar-refractivity contribution in [3.05, 3.63) is 71.5 Å². The van der Waals surface area contributed by atoms with Crippen molar-refractivity contribution in [3.8, 4) is 0 Å². The van der Waals surface area contributed by atoms with E-state index in [4.69, 9.17) is 0 Å². The molecule has 0 aromatic heterocycles. The minimum Gasteiger partial charge on any atom is -0.383 e. The van der Waals surface area contributed by atoms with Gasteiger partial charge < -0.3 is 5.32 Å². The maximum Gasteiger partial charge on any atom is 0.0298 e. The molecule has 0 radical (unpaired) electrons. The minimum atomic E-state index is 0.556. The van der Waals surface area contributed by atoms with Crippen LogP contribution in [0.3, 0.4) is 0 Å². The highest BCUT2D eigenvalue weighted by molar-refractivity contribution is 5.34. The molecule has 1 heteroatoms. The average Bonchev–Trinajstić information content (AvgIpc) is 2.79. The van der Waals surface area contributed by atoms with Crippen LogP contribution in [-0.4, -0.2) is 6.04 Å². The first kappa shape index (κ1) is 30.4. The SMILES string of the molecule is CC.CCC/C=C(\C)C1=CC=CCC1.C\C=C(/C=C\C=C\CCC)NC(C)CCC. The Balaban J connectivity index is 0. The highest BCUT2D eigenvalue weighted by Gasteiger charge is 2.00. The van der Waals surface area contributed by atoms with Crippen LogP contribution in [0.2, 0.25) is 0 Å². The molecule has 172 valence electrons. The molecule has 0 aromatic carbocycles. The van der Waals surface area contributed by atoms with Crippen molar-refractivity contribution in [2.24, 2.45) is 0 Å². The lowest BCUT2D eigenvalue weighted by molar-refractivity contribution is 0.566. The molecule has 1 aliphatic carbocycles. The molecule has 30 heavy (non-hydrogen) atoms. The topological polar surface area (TPSA) is 12.0 Å². The lowest BCUT2D eigenvalue weighted by atomic mass is 9.97. The molecule has 0 saturated carbocycles. The summed E-state index contributed by atoms with van der Waals surface area (Å²) in [5, 5.41) is 3.50. The minimum absolute atomic E-state index is 0.556. The van der Waals surface area contributed by atoms with E-state index >= 15 is 0 Å². The summed E-state index contributed by atoms with van der Waals surface area (Å²) in [5.41, 5.74) is 4.20. The second-order valence-corrected chi connectivity index (χ2v) is 7.49. The fourth-order valence-corrected chi connectivity index (χ4v) is 2.94. The van der Waals surface area contributed by atoms with Crippen LogP contribution >= 0.6 is 0 Å². The largest absolute Gasteiger partial charge is 0.383 e. The maximum absolute atomic E-state index is 3.50. The van der Waals surface area contributed by atoms with Gasteiger partial charge in [0.1, 0.15) is 0 Å². The van der Waals surface area contributed by atoms with Crippen molar-refractivity contribution < 1.29 is 0 Å². The van der Waals surface area contributed by atoms with Crippen LogP contribution in [0.5, 0.6) is 0 Å². The fourth-order valence-electron chi connectivity index (χ4n) is 2.94. The molecule has 1 unspecified atom stereocenters. The molecule has 0 heterocycles. The predicted octanol–water partition coefficient (Wildman–Crippen LogP) is 9.62. The molecule has 0 fully saturated rings. The number of allylic oxidation sites excluding steroid dienone is 11. The lowest BCUT2D eigenvalue weighted by Crippen LogP contribution is -2.24. The van der Waals surface area contributed by atoms with Gasteiger partial charge in [-0.25, -0.2) is 0 Å². The monoisotopic (exact) mass is 413 g/mol. The van der Waals surface area contributed by atoms with E-state index in [-0.39, 0.29) is 0 Å². The standard InChI is InChI=1S/C15H27N.C12H18.C2H6/c1-5-8-9-10-11-13-15(7-3)16-14(4)12-6-2;1-3-4-8-11(2)12-9-6-5-7-10-12;1-2/h7,9-11,13-14,16H,5-6,8,12H2,1-4H3;5-6,8-9H,3-4,7,10H2,1-2H3;1-2H3/b10-9+,13-11-,15-7+;11-8+;. The summed E-state index contributed by atoms with van der Waals surface area (Å²) in [6.45, 7) is 17.2. The van der Waals surface area contributed by atoms with Crippen LogP contribution in [0.15, 0.2) is 71.5 Å². The average molecular weight is 414 g/mol. The van der Waals surface area contributed by atoms with E-state index in [1.807, 2.05) is 13.8 Å². The van der Waals surface area contributed by atoms with E-state index in [2.05, 4.69) is 102 Å². The van der Waals surface area contributed by atoms with E-state index in [1.54, 1.807) is 0 Å². The Bertz CT molecular complexity index is 555. The van der Waals surface area contributed by atoms with Gasteiger partial charge in [-0.05, 0) is 64.5 Å². The predicted molar refractivity (Wildman–Crippen MR) is 141 cm³/mol. The van der Waals surface area contributed by atoms with Gasteiger partial charge in [0.05, 0.1) is 0 Å². The second kappa shape index (κ2) is 23.5. The molecule has 1 nitrogen and oxygen atoms in total. The van der Waals surface area contributed by atoms with Gasteiger partial charge in [0.25, 0.3) is 0 Å². The summed E-state index contributed by atoms with van der Waals surface area (Å²) in [6.07, 6.45) is 29.4. The Morgan fingerprint density at radius 3 is 2.30 bits per heavy atom. The summed E-state index contributed by atoms with van der Waals surface area (Å²) in [6, 6.07) is 0.556. The van der Waals surface area contributed by atoms with E-state index < -0.39 is 0 Å². The summed E-state index contributed by atoms with van der Waals surface area (Å²) >= 11 is 0. The van der Waals surface area contributed by atoms with Crippen LogP contribution in [-0.2, 0) is 0 Å². The highest BCUT2D eigenvalue weighted by atomic mass is 14.9. The third-order valence-corrected chi connectivity index (χ3v) is 4.68. The van der Waals surface area contributed by atoms with Crippen LogP contribution < -0.4 is 5.32 Å². The zero-order valence-corrected chi connectivity index (χ0v) is 21.4. The van der Waals surface area contributed by atoms with Crippen molar-refractivity contribution in [2.45, 2.75) is 113 Å². The van der Waals surface area contributed by atoms with Gasteiger partial charge >= 0.3 is 0 Å². The molecular weight excluding hydrogens is 362 g/mol. The molecular formula is C29H51N. The van der Waals surface area contributed by atoms with Crippen molar-refractivity contribution in [2.75, 3.05) is 0 Å². The molecule has 0 spiro atoms. The van der Waals surface area contributed by atoms with E-state index in [0.29, 0.717) is 6.04 Å². The molecule has 0 bridgehead atoms. The molecule has 0 aliphatic heterocycles. The maximum atomic E-state index is 3.50. The smallest absolute Gasteiger partial charge is 0.0298 e. The highest BCUT2D eigenvalue weighted by Crippen LogP contribution is 2.20. The third kappa shape index (κ3) is 18.3. The normalized spacial score (nSPS) is 15.3. The summed E-state index contributed by atoms with van der Waals surface area (Å²) in [4.78, 5) is 0. The number of rotatable bonds is 11. The Morgan fingerprint density at radius 1 is 1.07 bits per heavy atom. The number of unbranched alkanes of at least 4 members (excludes halogenated alkanes) is 2. The van der Waals surface area contributed by atoms with Crippen LogP contribution in [0.4, 0.5) is 0 Å². The van der Waals surface area contributed by atoms with Gasteiger partial charge in [-0.1, -0.05) is 108 Å². The Labute approximate surface area is 189 Å². The van der Waals surface area contributed by atoms with E-state index in [0.717, 1.165) is 6.42 Å². The van der Waals surface area contributed by atoms with Gasteiger partial charge in [-0.2, -0.15) is 0 Å². The fraction of sp³-hybridized carbons (Fsp3) is 0.586. The van der Waals surface area contributed by atoms with Gasteiger partial charge in [0.15, 0.2) is 0 Å². The molecule has 1 N–H and O–H groups in total. The van der Waals surface area contributed by atoms with Crippen LogP contribution in [0, 0.1) is 0 Å². The van der Waals surface area contributed by atoms with Crippen molar-refractivity contribution in [1.82, 2.24) is 5.32 Å². The molecule has 0 aromatic rings. The Hall–Kier alpha value is -1.76. The first-order valence-corrected chi connectivity index (χ1v) is 12.4. The molecule has 1 rings (SSSR count). The number of hydrogen-bond donors (Lipinski definition) is 1. The summed E-state index contributed by atoms with van der Waals surface area (Å²) in [7, 11) is 0. The van der Waals surface area contributed by atoms with Crippen molar-refractivity contribution in [1.29, 1.82) is 0 Å². The Kier molecular flexibility index (Phi) is 23.9. The van der Waals surface area contributed by atoms with Crippen molar-refractivity contribution in [3.63, 3.8) is 0 Å². The van der Waals surface area contributed by atoms with Crippen LogP contribution in [0.25, 0.3) is 0 Å². The zero-order chi connectivity index (χ0) is 23.0. The molecule has 0 amide bonds. The van der Waals surface area contributed by atoms with E-state index in [9.17, 15) is 0 Å². The molecule has 1 atom stereocenters. The van der Waals surface area contributed by atoms with Gasteiger partial charge in [-0.15, -0.1) is 0 Å². The summed E-state index contributed by atoms with van der Waals surface area (Å²) < 4.78 is 0. The zero-order valence-electron chi connectivity index (χ0n) is 21.4. The van der Waals surface area contributed by atoms with Gasteiger partial charge in [0.2, 0.25) is 0 Å². The van der Waals surface area contributed by atoms with Crippen molar-refractivity contribution >= 4 is 0 Å². The molecule has 0 saturated heterocycles. The van der Waals surface area contributed by atoms with Gasteiger partial charge in [-0.3, -0.25) is 0 Å².